The minimum atomic E-state index is -0.916. The Morgan fingerprint density at radius 1 is 1.05 bits per heavy atom. The van der Waals surface area contributed by atoms with E-state index >= 15 is 0 Å². The molecule has 1 aliphatic heterocycles. The van der Waals surface area contributed by atoms with Gasteiger partial charge in [0.2, 0.25) is 0 Å². The molecule has 1 atom stereocenters. The fourth-order valence-electron chi connectivity index (χ4n) is 4.77. The smallest absolute Gasteiger partial charge is 0.301 e. The lowest BCUT2D eigenvalue weighted by atomic mass is 9.94. The van der Waals surface area contributed by atoms with E-state index < -0.39 is 23.5 Å². The summed E-state index contributed by atoms with van der Waals surface area (Å²) in [5.74, 6) is -1.08. The summed E-state index contributed by atoms with van der Waals surface area (Å²) in [6.07, 6.45) is 0. The molecule has 7 nitrogen and oxygen atoms in total. The van der Waals surface area contributed by atoms with Gasteiger partial charge in [0.05, 0.1) is 46.6 Å². The van der Waals surface area contributed by atoms with Crippen LogP contribution in [0.2, 0.25) is 5.02 Å². The van der Waals surface area contributed by atoms with Gasteiger partial charge in [-0.1, -0.05) is 72.7 Å². The number of methoxy groups -OCH3 is 2. The number of hydrogen-bond acceptors (Lipinski definition) is 7. The molecule has 0 spiro atoms. The first kappa shape index (κ1) is 26.7. The Balaban J connectivity index is 1.74. The van der Waals surface area contributed by atoms with E-state index in [-0.39, 0.29) is 21.9 Å². The summed E-state index contributed by atoms with van der Waals surface area (Å²) >= 11 is 7.70. The van der Waals surface area contributed by atoms with Gasteiger partial charge in [-0.05, 0) is 42.2 Å². The summed E-state index contributed by atoms with van der Waals surface area (Å²) in [5.41, 5.74) is 3.58. The standard InChI is InChI=1S/C30H27ClN2O5S/c1-15(2)17-9-10-21-24(12-17)39-30(32-21)33-26(18-8-6-7-16(3)11-18)25(28(35)29(33)36)27(34)19-13-20(31)23(38-5)14-22(19)37-4/h6-15,26,34H,1-5H3/b27-25+. The maximum absolute atomic E-state index is 13.6. The van der Waals surface area contributed by atoms with Crippen LogP contribution in [0.5, 0.6) is 11.5 Å². The maximum Gasteiger partial charge on any atom is 0.301 e. The number of rotatable bonds is 6. The molecule has 1 aromatic heterocycles. The lowest BCUT2D eigenvalue weighted by Crippen LogP contribution is -2.29. The molecule has 1 amide bonds. The highest BCUT2D eigenvalue weighted by molar-refractivity contribution is 7.22. The topological polar surface area (TPSA) is 89.0 Å². The molecule has 1 N–H and O–H groups in total. The molecule has 1 saturated heterocycles. The van der Waals surface area contributed by atoms with Crippen LogP contribution in [0, 0.1) is 6.92 Å². The molecule has 2 heterocycles. The Hall–Kier alpha value is -3.88. The SMILES string of the molecule is COc1cc(OC)c(/C(O)=C2\C(=O)C(=O)N(c3nc4ccc(C(C)C)cc4s3)C2c2cccc(C)c2)cc1Cl. The van der Waals surface area contributed by atoms with Crippen molar-refractivity contribution in [2.24, 2.45) is 0 Å². The van der Waals surface area contributed by atoms with Crippen molar-refractivity contribution in [2.75, 3.05) is 19.1 Å². The number of carbonyl (C=O) groups excluding carboxylic acids is 2. The van der Waals surface area contributed by atoms with Gasteiger partial charge in [-0.25, -0.2) is 4.98 Å². The van der Waals surface area contributed by atoms with Gasteiger partial charge >= 0.3 is 5.91 Å². The summed E-state index contributed by atoms with van der Waals surface area (Å²) in [6.45, 7) is 6.14. The molecule has 1 aliphatic rings. The van der Waals surface area contributed by atoms with Crippen molar-refractivity contribution in [3.8, 4) is 11.5 Å². The fraction of sp³-hybridized carbons (Fsp3) is 0.233. The molecule has 9 heteroatoms. The van der Waals surface area contributed by atoms with Crippen molar-refractivity contribution in [3.63, 3.8) is 0 Å². The van der Waals surface area contributed by atoms with Gasteiger partial charge in [-0.3, -0.25) is 14.5 Å². The third-order valence-electron chi connectivity index (χ3n) is 6.81. The van der Waals surface area contributed by atoms with Crippen LogP contribution in [0.15, 0.2) is 60.2 Å². The second-order valence-electron chi connectivity index (χ2n) is 9.65. The number of thiazole rings is 1. The fourth-order valence-corrected chi connectivity index (χ4v) is 6.05. The number of hydrogen-bond donors (Lipinski definition) is 1. The number of ketones is 1. The molecule has 1 fully saturated rings. The van der Waals surface area contributed by atoms with Crippen LogP contribution in [0.1, 0.15) is 48.1 Å². The molecule has 0 radical (unpaired) electrons. The maximum atomic E-state index is 13.6. The quantitative estimate of drug-likeness (QED) is 0.154. The number of fused-ring (bicyclic) bond motifs is 1. The predicted molar refractivity (Wildman–Crippen MR) is 154 cm³/mol. The summed E-state index contributed by atoms with van der Waals surface area (Å²) in [6, 6.07) is 15.6. The molecule has 4 aromatic rings. The lowest BCUT2D eigenvalue weighted by molar-refractivity contribution is -0.132. The number of amides is 1. The second kappa shape index (κ2) is 10.4. The minimum absolute atomic E-state index is 0.0766. The predicted octanol–water partition coefficient (Wildman–Crippen LogP) is 7.03. The van der Waals surface area contributed by atoms with E-state index in [1.54, 1.807) is 0 Å². The number of nitrogens with zero attached hydrogens (tertiary/aromatic N) is 2. The van der Waals surface area contributed by atoms with Crippen LogP contribution in [0.25, 0.3) is 16.0 Å². The Morgan fingerprint density at radius 3 is 2.46 bits per heavy atom. The normalized spacial score (nSPS) is 16.9. The van der Waals surface area contributed by atoms with E-state index in [0.29, 0.717) is 22.4 Å². The van der Waals surface area contributed by atoms with Gasteiger partial charge in [0, 0.05) is 6.07 Å². The summed E-state index contributed by atoms with van der Waals surface area (Å²) in [4.78, 5) is 33.3. The molecular formula is C30H27ClN2O5S. The Labute approximate surface area is 235 Å². The number of aliphatic hydroxyl groups excluding tert-OH is 1. The van der Waals surface area contributed by atoms with E-state index in [9.17, 15) is 14.7 Å². The molecule has 39 heavy (non-hydrogen) atoms. The summed E-state index contributed by atoms with van der Waals surface area (Å²) in [5, 5.41) is 12.2. The van der Waals surface area contributed by atoms with E-state index in [0.717, 1.165) is 21.3 Å². The van der Waals surface area contributed by atoms with E-state index in [2.05, 4.69) is 19.9 Å². The van der Waals surface area contributed by atoms with Crippen molar-refractivity contribution in [1.29, 1.82) is 0 Å². The van der Waals surface area contributed by atoms with Gasteiger partial charge in [0.25, 0.3) is 5.78 Å². The van der Waals surface area contributed by atoms with Gasteiger partial charge < -0.3 is 14.6 Å². The highest BCUT2D eigenvalue weighted by Gasteiger charge is 2.48. The van der Waals surface area contributed by atoms with Crippen LogP contribution in [0.4, 0.5) is 5.13 Å². The number of anilines is 1. The van der Waals surface area contributed by atoms with Crippen LogP contribution in [-0.4, -0.2) is 36.0 Å². The van der Waals surface area contributed by atoms with Crippen molar-refractivity contribution in [3.05, 3.63) is 87.4 Å². The summed E-state index contributed by atoms with van der Waals surface area (Å²) < 4.78 is 11.7. The van der Waals surface area contributed by atoms with Crippen LogP contribution < -0.4 is 14.4 Å². The molecule has 0 saturated carbocycles. The summed E-state index contributed by atoms with van der Waals surface area (Å²) in [7, 11) is 2.90. The first-order valence-electron chi connectivity index (χ1n) is 12.3. The Morgan fingerprint density at radius 2 is 1.79 bits per heavy atom. The number of ether oxygens (including phenoxy) is 2. The van der Waals surface area contributed by atoms with Crippen molar-refractivity contribution < 1.29 is 24.2 Å². The van der Waals surface area contributed by atoms with E-state index in [1.165, 1.54) is 42.6 Å². The largest absolute Gasteiger partial charge is 0.507 e. The molecular weight excluding hydrogens is 536 g/mol. The average molecular weight is 563 g/mol. The first-order chi connectivity index (χ1) is 18.6. The average Bonchev–Trinajstić information content (AvgIpc) is 3.45. The van der Waals surface area contributed by atoms with Crippen LogP contribution in [-0.2, 0) is 9.59 Å². The number of halogens is 1. The molecule has 1 unspecified atom stereocenters. The van der Waals surface area contributed by atoms with Crippen LogP contribution >= 0.6 is 22.9 Å². The molecule has 3 aromatic carbocycles. The molecule has 5 rings (SSSR count). The van der Waals surface area contributed by atoms with E-state index in [4.69, 9.17) is 26.1 Å². The number of aryl methyl sites for hydroxylation is 1. The van der Waals surface area contributed by atoms with Crippen molar-refractivity contribution >= 4 is 55.7 Å². The molecule has 0 aliphatic carbocycles. The van der Waals surface area contributed by atoms with Crippen molar-refractivity contribution in [1.82, 2.24) is 4.98 Å². The zero-order valence-corrected chi connectivity index (χ0v) is 23.7. The number of Topliss-reactive ketones (excluding diaryl/α,β-unsaturated/α-hetero) is 1. The monoisotopic (exact) mass is 562 g/mol. The highest BCUT2D eigenvalue weighted by atomic mass is 35.5. The van der Waals surface area contributed by atoms with Crippen molar-refractivity contribution in [2.45, 2.75) is 32.7 Å². The number of aliphatic hydroxyl groups is 1. The van der Waals surface area contributed by atoms with Gasteiger partial charge in [0.15, 0.2) is 5.13 Å². The zero-order valence-electron chi connectivity index (χ0n) is 22.1. The highest BCUT2D eigenvalue weighted by Crippen LogP contribution is 2.46. The first-order valence-corrected chi connectivity index (χ1v) is 13.5. The Kier molecular flexibility index (Phi) is 7.09. The molecule has 200 valence electrons. The van der Waals surface area contributed by atoms with Crippen LogP contribution in [0.3, 0.4) is 0 Å². The third-order valence-corrected chi connectivity index (χ3v) is 8.12. The van der Waals surface area contributed by atoms with Gasteiger partial charge in [0.1, 0.15) is 17.3 Å². The third kappa shape index (κ3) is 4.64. The van der Waals surface area contributed by atoms with Gasteiger partial charge in [-0.2, -0.15) is 0 Å². The zero-order chi connectivity index (χ0) is 28.0. The van der Waals surface area contributed by atoms with Gasteiger partial charge in [-0.15, -0.1) is 0 Å². The second-order valence-corrected chi connectivity index (χ2v) is 11.1. The number of carbonyl (C=O) groups is 2. The van der Waals surface area contributed by atoms with E-state index in [1.807, 2.05) is 43.3 Å². The minimum Gasteiger partial charge on any atom is -0.507 e. The lowest BCUT2D eigenvalue weighted by Gasteiger charge is -2.23. The Bertz CT molecular complexity index is 1660. The number of benzene rings is 3. The number of aromatic nitrogens is 1. The molecule has 0 bridgehead atoms.